The Balaban J connectivity index is 1.89. The molecule has 0 atom stereocenters. The molecular weight excluding hydrogens is 506 g/mol. The number of aryl methyl sites for hydroxylation is 2. The average molecular weight is 522 g/mol. The van der Waals surface area contributed by atoms with Gasteiger partial charge in [0, 0.05) is 17.3 Å². The number of rotatable bonds is 5. The quantitative estimate of drug-likeness (QED) is 0.243. The summed E-state index contributed by atoms with van der Waals surface area (Å²) in [4.78, 5) is 16.4. The van der Waals surface area contributed by atoms with Crippen molar-refractivity contribution in [3.8, 4) is 22.8 Å². The second-order valence-electron chi connectivity index (χ2n) is 7.90. The Kier molecular flexibility index (Phi) is 6.40. The smallest absolute Gasteiger partial charge is 0.416 e. The number of hydrogen-bond donors (Lipinski definition) is 1. The fraction of sp³-hybridized carbons (Fsp3) is 0.167. The monoisotopic (exact) mass is 522 g/mol. The minimum Gasteiger partial charge on any atom is -0.478 e. The molecule has 0 aliphatic heterocycles. The van der Waals surface area contributed by atoms with Crippen LogP contribution in [0.4, 0.5) is 26.3 Å². The van der Waals surface area contributed by atoms with Gasteiger partial charge in [-0.15, -0.1) is 5.10 Å². The highest BCUT2D eigenvalue weighted by atomic mass is 19.4. The molecule has 4 rings (SSSR count). The van der Waals surface area contributed by atoms with Crippen LogP contribution in [0.25, 0.3) is 34.5 Å². The predicted molar refractivity (Wildman–Crippen MR) is 119 cm³/mol. The van der Waals surface area contributed by atoms with Gasteiger partial charge in [-0.25, -0.2) is 14.5 Å². The molecule has 0 saturated carbocycles. The lowest BCUT2D eigenvalue weighted by Gasteiger charge is -2.08. The zero-order valence-electron chi connectivity index (χ0n) is 19.0. The maximum absolute atomic E-state index is 13.0. The summed E-state index contributed by atoms with van der Waals surface area (Å²) in [6.07, 6.45) is -8.07. The van der Waals surface area contributed by atoms with E-state index in [1.165, 1.54) is 13.8 Å². The summed E-state index contributed by atoms with van der Waals surface area (Å²) in [7, 11) is 0. The number of aromatic nitrogens is 4. The second-order valence-corrected chi connectivity index (χ2v) is 7.90. The third-order valence-corrected chi connectivity index (χ3v) is 5.36. The molecule has 4 aromatic rings. The number of benzene rings is 2. The van der Waals surface area contributed by atoms with Crippen LogP contribution in [0.2, 0.25) is 0 Å². The van der Waals surface area contributed by atoms with Crippen molar-refractivity contribution in [1.82, 2.24) is 19.9 Å². The lowest BCUT2D eigenvalue weighted by atomic mass is 10.1. The van der Waals surface area contributed by atoms with Crippen molar-refractivity contribution in [2.24, 2.45) is 0 Å². The summed E-state index contributed by atoms with van der Waals surface area (Å²) in [5.41, 5.74) is -1.36. The van der Waals surface area contributed by atoms with Crippen LogP contribution in [0, 0.1) is 13.8 Å². The number of nitrogens with zero attached hydrogens (tertiary/aromatic N) is 4. The molecule has 0 aliphatic rings. The maximum Gasteiger partial charge on any atom is 0.416 e. The van der Waals surface area contributed by atoms with E-state index in [0.717, 1.165) is 59.4 Å². The lowest BCUT2D eigenvalue weighted by molar-refractivity contribution is -0.138. The summed E-state index contributed by atoms with van der Waals surface area (Å²) in [5.74, 6) is -1.30. The third-order valence-electron chi connectivity index (χ3n) is 5.36. The van der Waals surface area contributed by atoms with Crippen LogP contribution in [0.1, 0.15) is 28.1 Å². The standard InChI is InChI=1S/C24H16F6N4O3/c1-12-19(13(2)37-33-12)18(22(35)36)11-34-21(15-5-9-17(10-6-15)24(28,29)30)31-20(32-34)14-3-7-16(8-4-14)23(25,26)27/h3-11H,1-2H3,(H,35,36)/b18-11+. The largest absolute Gasteiger partial charge is 0.478 e. The van der Waals surface area contributed by atoms with Gasteiger partial charge in [-0.2, -0.15) is 26.3 Å². The molecule has 0 bridgehead atoms. The van der Waals surface area contributed by atoms with E-state index in [0.29, 0.717) is 0 Å². The van der Waals surface area contributed by atoms with Crippen molar-refractivity contribution < 1.29 is 40.8 Å². The number of carboxylic acids is 1. The molecule has 13 heteroatoms. The van der Waals surface area contributed by atoms with Crippen LogP contribution in [0.5, 0.6) is 0 Å². The first kappa shape index (κ1) is 25.7. The summed E-state index contributed by atoms with van der Waals surface area (Å²) < 4.78 is 84.0. The Labute approximate surface area is 204 Å². The Bertz CT molecular complexity index is 1460. The van der Waals surface area contributed by atoms with Crippen molar-refractivity contribution in [2.45, 2.75) is 26.2 Å². The molecule has 0 radical (unpaired) electrons. The van der Waals surface area contributed by atoms with Crippen molar-refractivity contribution in [3.05, 3.63) is 76.7 Å². The van der Waals surface area contributed by atoms with E-state index in [9.17, 15) is 36.2 Å². The van der Waals surface area contributed by atoms with E-state index in [1.54, 1.807) is 0 Å². The number of halogens is 6. The van der Waals surface area contributed by atoms with Crippen molar-refractivity contribution >= 4 is 17.7 Å². The highest BCUT2D eigenvalue weighted by Crippen LogP contribution is 2.33. The SMILES string of the molecule is Cc1noc(C)c1/C(=C\n1nc(-c2ccc(C(F)(F)F)cc2)nc1-c1ccc(C(F)(F)F)cc1)C(=O)O. The minimum absolute atomic E-state index is 0.0471. The van der Waals surface area contributed by atoms with E-state index < -0.39 is 29.4 Å². The van der Waals surface area contributed by atoms with Crippen LogP contribution >= 0.6 is 0 Å². The van der Waals surface area contributed by atoms with Crippen molar-refractivity contribution in [1.29, 1.82) is 0 Å². The van der Waals surface area contributed by atoms with E-state index in [4.69, 9.17) is 4.52 Å². The molecule has 0 spiro atoms. The zero-order valence-corrected chi connectivity index (χ0v) is 19.0. The van der Waals surface area contributed by atoms with Crippen LogP contribution in [-0.4, -0.2) is 31.0 Å². The number of aliphatic carboxylic acids is 1. The minimum atomic E-state index is -4.59. The highest BCUT2D eigenvalue weighted by Gasteiger charge is 2.31. The van der Waals surface area contributed by atoms with E-state index >= 15 is 0 Å². The number of alkyl halides is 6. The van der Waals surface area contributed by atoms with Gasteiger partial charge in [0.05, 0.1) is 28.0 Å². The van der Waals surface area contributed by atoms with Gasteiger partial charge >= 0.3 is 18.3 Å². The van der Waals surface area contributed by atoms with Gasteiger partial charge in [-0.1, -0.05) is 29.4 Å². The number of carboxylic acid groups (broad SMARTS) is 1. The number of carbonyl (C=O) groups is 1. The summed E-state index contributed by atoms with van der Waals surface area (Å²) in [6.45, 7) is 3.02. The second kappa shape index (κ2) is 9.22. The molecular formula is C24H16F6N4O3. The van der Waals surface area contributed by atoms with Crippen molar-refractivity contribution in [2.75, 3.05) is 0 Å². The van der Waals surface area contributed by atoms with Gasteiger partial charge in [-0.3, -0.25) is 0 Å². The molecule has 2 aromatic carbocycles. The zero-order chi connectivity index (χ0) is 27.1. The maximum atomic E-state index is 13.0. The third kappa shape index (κ3) is 5.25. The van der Waals surface area contributed by atoms with Gasteiger partial charge in [0.1, 0.15) is 5.76 Å². The molecule has 2 aromatic heterocycles. The molecule has 1 N–H and O–H groups in total. The Hall–Kier alpha value is -4.42. The molecule has 37 heavy (non-hydrogen) atoms. The first-order chi connectivity index (χ1) is 17.3. The van der Waals surface area contributed by atoms with Crippen molar-refractivity contribution in [3.63, 3.8) is 0 Å². The van der Waals surface area contributed by atoms with Crippen LogP contribution in [-0.2, 0) is 17.1 Å². The van der Waals surface area contributed by atoms with Crippen LogP contribution in [0.15, 0.2) is 53.1 Å². The van der Waals surface area contributed by atoms with Gasteiger partial charge in [0.25, 0.3) is 0 Å². The van der Waals surface area contributed by atoms with Gasteiger partial charge < -0.3 is 9.63 Å². The molecule has 0 amide bonds. The van der Waals surface area contributed by atoms with Crippen LogP contribution < -0.4 is 0 Å². The molecule has 0 unspecified atom stereocenters. The fourth-order valence-electron chi connectivity index (χ4n) is 3.57. The Morgan fingerprint density at radius 2 is 1.41 bits per heavy atom. The summed E-state index contributed by atoms with van der Waals surface area (Å²) >= 11 is 0. The van der Waals surface area contributed by atoms with Gasteiger partial charge in [0.2, 0.25) is 0 Å². The topological polar surface area (TPSA) is 94.0 Å². The lowest BCUT2D eigenvalue weighted by Crippen LogP contribution is -2.06. The molecule has 2 heterocycles. The van der Waals surface area contributed by atoms with Gasteiger partial charge in [0.15, 0.2) is 11.6 Å². The molecule has 0 saturated heterocycles. The molecule has 0 fully saturated rings. The van der Waals surface area contributed by atoms with Crippen LogP contribution in [0.3, 0.4) is 0 Å². The molecule has 7 nitrogen and oxygen atoms in total. The first-order valence-electron chi connectivity index (χ1n) is 10.5. The number of hydrogen-bond acceptors (Lipinski definition) is 5. The average Bonchev–Trinajstić information content (AvgIpc) is 3.39. The Morgan fingerprint density at radius 1 is 0.892 bits per heavy atom. The first-order valence-corrected chi connectivity index (χ1v) is 10.5. The van der Waals surface area contributed by atoms with Gasteiger partial charge in [-0.05, 0) is 38.1 Å². The normalized spacial score (nSPS) is 12.7. The fourth-order valence-corrected chi connectivity index (χ4v) is 3.57. The highest BCUT2D eigenvalue weighted by molar-refractivity contribution is 6.19. The summed E-state index contributed by atoms with van der Waals surface area (Å²) in [5, 5.41) is 17.8. The van der Waals surface area contributed by atoms with E-state index in [2.05, 4.69) is 15.2 Å². The molecule has 192 valence electrons. The molecule has 0 aliphatic carbocycles. The van der Waals surface area contributed by atoms with E-state index in [1.807, 2.05) is 0 Å². The summed E-state index contributed by atoms with van der Waals surface area (Å²) in [6, 6.07) is 7.83. The Morgan fingerprint density at radius 3 is 1.84 bits per heavy atom. The predicted octanol–water partition coefficient (Wildman–Crippen LogP) is 6.34. The van der Waals surface area contributed by atoms with E-state index in [-0.39, 0.29) is 45.4 Å².